The average Bonchev–Trinajstić information content (AvgIpc) is 2.91. The number of rotatable bonds is 6. The normalized spacial score (nSPS) is 16.5. The molecular formula is C13H22N4O2S. The molecule has 6 nitrogen and oxygen atoms in total. The van der Waals surface area contributed by atoms with Gasteiger partial charge < -0.3 is 9.80 Å². The highest BCUT2D eigenvalue weighted by atomic mass is 32.2. The Balaban J connectivity index is 1.90. The molecule has 0 unspecified atom stereocenters. The van der Waals surface area contributed by atoms with Gasteiger partial charge in [0.2, 0.25) is 0 Å². The number of likely N-dealkylation sites (tertiary alicyclic amines) is 1. The maximum atomic E-state index is 11.3. The van der Waals surface area contributed by atoms with E-state index >= 15 is 0 Å². The van der Waals surface area contributed by atoms with Gasteiger partial charge in [-0.05, 0) is 51.0 Å². The Morgan fingerprint density at radius 1 is 1.35 bits per heavy atom. The van der Waals surface area contributed by atoms with Crippen molar-refractivity contribution in [1.29, 1.82) is 0 Å². The molecule has 0 saturated carbocycles. The van der Waals surface area contributed by atoms with E-state index in [1.54, 1.807) is 12.1 Å². The number of sulfonamides is 1. The van der Waals surface area contributed by atoms with Crippen LogP contribution in [0.1, 0.15) is 19.3 Å². The third kappa shape index (κ3) is 4.16. The Bertz CT molecular complexity index is 541. The fraction of sp³-hybridized carbons (Fsp3) is 0.615. The molecule has 0 aliphatic carbocycles. The van der Waals surface area contributed by atoms with Gasteiger partial charge in [-0.3, -0.25) is 0 Å². The molecule has 20 heavy (non-hydrogen) atoms. The molecule has 112 valence electrons. The predicted molar refractivity (Wildman–Crippen MR) is 79.2 cm³/mol. The average molecular weight is 298 g/mol. The van der Waals surface area contributed by atoms with Crippen LogP contribution in [0.4, 0.5) is 5.82 Å². The first-order valence-corrected chi connectivity index (χ1v) is 8.45. The van der Waals surface area contributed by atoms with E-state index in [9.17, 15) is 8.42 Å². The lowest BCUT2D eigenvalue weighted by Crippen LogP contribution is -2.27. The van der Waals surface area contributed by atoms with Crippen molar-refractivity contribution in [2.24, 2.45) is 5.14 Å². The molecule has 0 amide bonds. The van der Waals surface area contributed by atoms with Gasteiger partial charge in [-0.1, -0.05) is 6.07 Å². The topological polar surface area (TPSA) is 79.5 Å². The minimum atomic E-state index is -3.74. The lowest BCUT2D eigenvalue weighted by Gasteiger charge is -2.20. The van der Waals surface area contributed by atoms with Crippen molar-refractivity contribution in [3.8, 4) is 0 Å². The molecule has 1 aliphatic heterocycles. The molecule has 1 aromatic rings. The van der Waals surface area contributed by atoms with Crippen molar-refractivity contribution in [3.63, 3.8) is 0 Å². The molecule has 0 radical (unpaired) electrons. The van der Waals surface area contributed by atoms with Crippen molar-refractivity contribution < 1.29 is 8.42 Å². The summed E-state index contributed by atoms with van der Waals surface area (Å²) in [4.78, 5) is 8.52. The standard InChI is InChI=1S/C13H22N4O2S/c1-16(8-5-11-17-9-2-3-10-17)12-6-4-7-13(15-12)20(14,18)19/h4,6-7H,2-3,5,8-11H2,1H3,(H2,14,18,19). The first kappa shape index (κ1) is 15.2. The minimum Gasteiger partial charge on any atom is -0.360 e. The molecule has 2 heterocycles. The van der Waals surface area contributed by atoms with Gasteiger partial charge in [-0.25, -0.2) is 18.5 Å². The fourth-order valence-corrected chi connectivity index (χ4v) is 2.92. The van der Waals surface area contributed by atoms with Crippen molar-refractivity contribution >= 4 is 15.8 Å². The number of hydrogen-bond donors (Lipinski definition) is 1. The van der Waals surface area contributed by atoms with E-state index < -0.39 is 10.0 Å². The van der Waals surface area contributed by atoms with Crippen LogP contribution in [-0.4, -0.2) is 51.5 Å². The van der Waals surface area contributed by atoms with E-state index in [1.165, 1.54) is 32.0 Å². The Labute approximate surface area is 120 Å². The van der Waals surface area contributed by atoms with Crippen LogP contribution in [0.3, 0.4) is 0 Å². The van der Waals surface area contributed by atoms with E-state index in [-0.39, 0.29) is 5.03 Å². The lowest BCUT2D eigenvalue weighted by molar-refractivity contribution is 0.335. The summed E-state index contributed by atoms with van der Waals surface area (Å²) in [7, 11) is -1.82. The number of pyridine rings is 1. The summed E-state index contributed by atoms with van der Waals surface area (Å²) in [5, 5.41) is 5.01. The Morgan fingerprint density at radius 3 is 2.70 bits per heavy atom. The van der Waals surface area contributed by atoms with Crippen molar-refractivity contribution in [3.05, 3.63) is 18.2 Å². The number of hydrogen-bond acceptors (Lipinski definition) is 5. The van der Waals surface area contributed by atoms with Crippen LogP contribution in [0.15, 0.2) is 23.2 Å². The molecule has 0 atom stereocenters. The molecular weight excluding hydrogens is 276 g/mol. The predicted octanol–water partition coefficient (Wildman–Crippen LogP) is 0.651. The number of anilines is 1. The zero-order chi connectivity index (χ0) is 14.6. The van der Waals surface area contributed by atoms with Crippen molar-refractivity contribution in [2.45, 2.75) is 24.3 Å². The maximum absolute atomic E-state index is 11.3. The molecule has 7 heteroatoms. The Hall–Kier alpha value is -1.18. The van der Waals surface area contributed by atoms with Crippen LogP contribution in [-0.2, 0) is 10.0 Å². The monoisotopic (exact) mass is 298 g/mol. The zero-order valence-electron chi connectivity index (χ0n) is 11.8. The molecule has 1 fully saturated rings. The minimum absolute atomic E-state index is 0.0820. The number of nitrogens with two attached hydrogens (primary N) is 1. The van der Waals surface area contributed by atoms with Gasteiger partial charge in [0, 0.05) is 13.6 Å². The smallest absolute Gasteiger partial charge is 0.255 e. The first-order valence-electron chi connectivity index (χ1n) is 6.90. The summed E-state index contributed by atoms with van der Waals surface area (Å²) in [6, 6.07) is 4.88. The van der Waals surface area contributed by atoms with E-state index in [4.69, 9.17) is 5.14 Å². The highest BCUT2D eigenvalue weighted by Gasteiger charge is 2.13. The van der Waals surface area contributed by atoms with Gasteiger partial charge in [0.05, 0.1) is 0 Å². The quantitative estimate of drug-likeness (QED) is 0.834. The van der Waals surface area contributed by atoms with E-state index in [1.807, 2.05) is 11.9 Å². The summed E-state index contributed by atoms with van der Waals surface area (Å²) < 4.78 is 22.6. The van der Waals surface area contributed by atoms with Gasteiger partial charge in [0.25, 0.3) is 10.0 Å². The number of nitrogens with zero attached hydrogens (tertiary/aromatic N) is 3. The lowest BCUT2D eigenvalue weighted by atomic mass is 10.3. The maximum Gasteiger partial charge on any atom is 0.255 e. The summed E-state index contributed by atoms with van der Waals surface area (Å²) >= 11 is 0. The van der Waals surface area contributed by atoms with Crippen LogP contribution in [0.5, 0.6) is 0 Å². The summed E-state index contributed by atoms with van der Waals surface area (Å²) in [6.45, 7) is 4.32. The number of aromatic nitrogens is 1. The molecule has 0 aromatic carbocycles. The summed E-state index contributed by atoms with van der Waals surface area (Å²) in [5.74, 6) is 0.637. The summed E-state index contributed by atoms with van der Waals surface area (Å²) in [5.41, 5.74) is 0. The summed E-state index contributed by atoms with van der Waals surface area (Å²) in [6.07, 6.45) is 3.64. The third-order valence-electron chi connectivity index (χ3n) is 3.56. The Kier molecular flexibility index (Phi) is 4.95. The number of primary sulfonamides is 1. The van der Waals surface area contributed by atoms with Gasteiger partial charge in [-0.2, -0.15) is 0 Å². The van der Waals surface area contributed by atoms with E-state index in [0.29, 0.717) is 5.82 Å². The second-order valence-electron chi connectivity index (χ2n) is 5.20. The van der Waals surface area contributed by atoms with E-state index in [0.717, 1.165) is 19.5 Å². The molecule has 0 spiro atoms. The van der Waals surface area contributed by atoms with Crippen LogP contribution in [0.2, 0.25) is 0 Å². The van der Waals surface area contributed by atoms with E-state index in [2.05, 4.69) is 9.88 Å². The van der Waals surface area contributed by atoms with Gasteiger partial charge in [0.1, 0.15) is 5.82 Å². The molecule has 1 aromatic heterocycles. The molecule has 2 rings (SSSR count). The van der Waals surface area contributed by atoms with Gasteiger partial charge in [0.15, 0.2) is 5.03 Å². The van der Waals surface area contributed by atoms with Gasteiger partial charge >= 0.3 is 0 Å². The van der Waals surface area contributed by atoms with Crippen molar-refractivity contribution in [2.75, 3.05) is 38.1 Å². The van der Waals surface area contributed by atoms with Crippen molar-refractivity contribution in [1.82, 2.24) is 9.88 Å². The van der Waals surface area contributed by atoms with Crippen LogP contribution in [0, 0.1) is 0 Å². The first-order chi connectivity index (χ1) is 9.47. The molecule has 2 N–H and O–H groups in total. The SMILES string of the molecule is CN(CCCN1CCCC1)c1cccc(S(N)(=O)=O)n1. The van der Waals surface area contributed by atoms with Crippen LogP contribution < -0.4 is 10.0 Å². The third-order valence-corrected chi connectivity index (χ3v) is 4.37. The fourth-order valence-electron chi connectivity index (χ4n) is 2.43. The zero-order valence-corrected chi connectivity index (χ0v) is 12.6. The van der Waals surface area contributed by atoms with Crippen LogP contribution in [0.25, 0.3) is 0 Å². The Morgan fingerprint density at radius 2 is 2.05 bits per heavy atom. The molecule has 0 bridgehead atoms. The highest BCUT2D eigenvalue weighted by molar-refractivity contribution is 7.89. The van der Waals surface area contributed by atoms with Gasteiger partial charge in [-0.15, -0.1) is 0 Å². The second kappa shape index (κ2) is 6.51. The highest BCUT2D eigenvalue weighted by Crippen LogP contribution is 2.13. The molecule has 1 aliphatic rings. The largest absolute Gasteiger partial charge is 0.360 e. The second-order valence-corrected chi connectivity index (χ2v) is 6.71. The van der Waals surface area contributed by atoms with Crippen LogP contribution >= 0.6 is 0 Å². The molecule has 1 saturated heterocycles.